The van der Waals surface area contributed by atoms with E-state index in [0.717, 1.165) is 5.75 Å². The zero-order valence-electron chi connectivity index (χ0n) is 16.0. The van der Waals surface area contributed by atoms with Gasteiger partial charge in [-0.1, -0.05) is 33.8 Å². The van der Waals surface area contributed by atoms with E-state index in [1.807, 2.05) is 0 Å². The van der Waals surface area contributed by atoms with E-state index in [-0.39, 0.29) is 16.4 Å². The molecular formula is C20H30O3Si. The molecule has 1 fully saturated rings. The first-order valence-electron chi connectivity index (χ1n) is 8.90. The lowest BCUT2D eigenvalue weighted by Crippen LogP contribution is -2.43. The van der Waals surface area contributed by atoms with E-state index in [9.17, 15) is 4.79 Å². The molecule has 0 bridgehead atoms. The molecule has 1 aromatic rings. The van der Waals surface area contributed by atoms with Crippen molar-refractivity contribution in [2.75, 3.05) is 7.11 Å². The van der Waals surface area contributed by atoms with Gasteiger partial charge in [0.15, 0.2) is 0 Å². The highest BCUT2D eigenvalue weighted by molar-refractivity contribution is 6.74. The van der Waals surface area contributed by atoms with Crippen molar-refractivity contribution in [3.63, 3.8) is 0 Å². The molecule has 1 aromatic carbocycles. The second-order valence-electron chi connectivity index (χ2n) is 9.23. The molecule has 3 rings (SSSR count). The van der Waals surface area contributed by atoms with E-state index in [1.165, 1.54) is 24.7 Å². The quantitative estimate of drug-likeness (QED) is 0.568. The van der Waals surface area contributed by atoms with Gasteiger partial charge < -0.3 is 9.16 Å². The van der Waals surface area contributed by atoms with Crippen molar-refractivity contribution < 1.29 is 14.0 Å². The maximum Gasteiger partial charge on any atom is 0.306 e. The van der Waals surface area contributed by atoms with Crippen LogP contribution in [0.5, 0.6) is 5.75 Å². The molecule has 2 aliphatic rings. The summed E-state index contributed by atoms with van der Waals surface area (Å²) >= 11 is 0. The lowest BCUT2D eigenvalue weighted by atomic mass is 9.92. The van der Waals surface area contributed by atoms with Crippen molar-refractivity contribution in [1.82, 2.24) is 0 Å². The van der Waals surface area contributed by atoms with Crippen molar-refractivity contribution in [3.05, 3.63) is 29.3 Å². The fraction of sp³-hybridized carbons (Fsp3) is 0.650. The smallest absolute Gasteiger partial charge is 0.306 e. The summed E-state index contributed by atoms with van der Waals surface area (Å²) < 4.78 is 11.4. The van der Waals surface area contributed by atoms with Gasteiger partial charge in [-0.25, -0.2) is 0 Å². The Morgan fingerprint density at radius 3 is 2.58 bits per heavy atom. The van der Waals surface area contributed by atoms with Gasteiger partial charge in [-0.2, -0.15) is 0 Å². The first-order valence-corrected chi connectivity index (χ1v) is 11.8. The summed E-state index contributed by atoms with van der Waals surface area (Å²) in [5.74, 6) is 1.77. The summed E-state index contributed by atoms with van der Waals surface area (Å²) in [6, 6.07) is 6.52. The maximum atomic E-state index is 11.8. The third kappa shape index (κ3) is 2.69. The predicted molar refractivity (Wildman–Crippen MR) is 99.1 cm³/mol. The van der Waals surface area contributed by atoms with Gasteiger partial charge in [0.25, 0.3) is 0 Å². The number of esters is 1. The molecular weight excluding hydrogens is 316 g/mol. The number of carbonyl (C=O) groups excluding carboxylic acids is 1. The third-order valence-corrected chi connectivity index (χ3v) is 11.0. The average Bonchev–Trinajstić information content (AvgIpc) is 3.10. The maximum absolute atomic E-state index is 11.8. The molecule has 0 N–H and O–H groups in total. The number of ether oxygens (including phenoxy) is 1. The Bertz CT molecular complexity index is 674. The summed E-state index contributed by atoms with van der Waals surface area (Å²) in [7, 11) is -0.362. The van der Waals surface area contributed by atoms with Crippen LogP contribution in [-0.4, -0.2) is 21.4 Å². The van der Waals surface area contributed by atoms with Gasteiger partial charge in [0.1, 0.15) is 5.75 Å². The summed E-state index contributed by atoms with van der Waals surface area (Å²) in [5.41, 5.74) is 2.93. The lowest BCUT2D eigenvalue weighted by molar-refractivity contribution is -0.141. The number of fused-ring (bicyclic) bond motifs is 3. The van der Waals surface area contributed by atoms with Crippen molar-refractivity contribution in [2.24, 2.45) is 5.92 Å². The average molecular weight is 347 g/mol. The number of benzene rings is 1. The number of rotatable bonds is 4. The standard InChI is InChI=1S/C20H30O3Si/c1-19(2,3)24(6,7)23-13-8-9-14-15(11-18(21)22-5)17-12-20(17,4)16(14)10-13/h8-10,15,17H,11-12H2,1-7H3. The van der Waals surface area contributed by atoms with Crippen LogP contribution in [0, 0.1) is 5.92 Å². The van der Waals surface area contributed by atoms with Crippen LogP contribution in [0.15, 0.2) is 18.2 Å². The van der Waals surface area contributed by atoms with Crippen molar-refractivity contribution in [1.29, 1.82) is 0 Å². The highest BCUT2D eigenvalue weighted by Gasteiger charge is 2.61. The predicted octanol–water partition coefficient (Wildman–Crippen LogP) is 5.01. The molecule has 0 spiro atoms. The third-order valence-electron chi connectivity index (χ3n) is 6.62. The minimum Gasteiger partial charge on any atom is -0.543 e. The zero-order chi connectivity index (χ0) is 17.9. The molecule has 1 saturated carbocycles. The number of hydrogen-bond acceptors (Lipinski definition) is 3. The number of methoxy groups -OCH3 is 1. The SMILES string of the molecule is COC(=O)CC1c2ccc(O[Si](C)(C)C(C)(C)C)cc2C2(C)CC12. The van der Waals surface area contributed by atoms with Gasteiger partial charge in [0, 0.05) is 0 Å². The molecule has 0 heterocycles. The van der Waals surface area contributed by atoms with Crippen LogP contribution in [0.1, 0.15) is 57.6 Å². The number of hydrogen-bond donors (Lipinski definition) is 0. The van der Waals surface area contributed by atoms with E-state index >= 15 is 0 Å². The summed E-state index contributed by atoms with van der Waals surface area (Å²) in [6.07, 6.45) is 1.66. The zero-order valence-corrected chi connectivity index (χ0v) is 17.0. The summed E-state index contributed by atoms with van der Waals surface area (Å²) in [4.78, 5) is 11.8. The lowest BCUT2D eigenvalue weighted by Gasteiger charge is -2.36. The molecule has 132 valence electrons. The topological polar surface area (TPSA) is 35.5 Å². The van der Waals surface area contributed by atoms with Crippen molar-refractivity contribution in [3.8, 4) is 5.75 Å². The van der Waals surface area contributed by atoms with Crippen LogP contribution in [0.4, 0.5) is 0 Å². The van der Waals surface area contributed by atoms with Gasteiger partial charge in [-0.15, -0.1) is 0 Å². The van der Waals surface area contributed by atoms with Crippen molar-refractivity contribution in [2.45, 2.75) is 70.0 Å². The van der Waals surface area contributed by atoms with E-state index in [4.69, 9.17) is 9.16 Å². The minimum atomic E-state index is -1.83. The van der Waals surface area contributed by atoms with Crippen LogP contribution < -0.4 is 4.43 Å². The Hall–Kier alpha value is -1.29. The van der Waals surface area contributed by atoms with E-state index in [2.05, 4.69) is 59.0 Å². The van der Waals surface area contributed by atoms with Gasteiger partial charge in [0.05, 0.1) is 13.5 Å². The van der Waals surface area contributed by atoms with Crippen LogP contribution in [0.25, 0.3) is 0 Å². The molecule has 24 heavy (non-hydrogen) atoms. The normalized spacial score (nSPS) is 28.1. The first-order chi connectivity index (χ1) is 11.0. The highest BCUT2D eigenvalue weighted by atomic mass is 28.4. The fourth-order valence-corrected chi connectivity index (χ4v) is 4.91. The van der Waals surface area contributed by atoms with Crippen LogP contribution in [0.3, 0.4) is 0 Å². The van der Waals surface area contributed by atoms with Gasteiger partial charge >= 0.3 is 5.97 Å². The molecule has 4 heteroatoms. The van der Waals surface area contributed by atoms with Crippen molar-refractivity contribution >= 4 is 14.3 Å². The van der Waals surface area contributed by atoms with E-state index in [1.54, 1.807) is 0 Å². The largest absolute Gasteiger partial charge is 0.543 e. The Morgan fingerprint density at radius 2 is 2.00 bits per heavy atom. The molecule has 0 saturated heterocycles. The van der Waals surface area contributed by atoms with Gasteiger partial charge in [-0.3, -0.25) is 4.79 Å². The Kier molecular flexibility index (Phi) is 3.91. The second kappa shape index (κ2) is 5.35. The summed E-state index contributed by atoms with van der Waals surface area (Å²) in [5, 5.41) is 0.186. The Labute approximate surface area is 146 Å². The van der Waals surface area contributed by atoms with Crippen LogP contribution >= 0.6 is 0 Å². The molecule has 0 amide bonds. The molecule has 0 radical (unpaired) electrons. The number of carbonyl (C=O) groups is 1. The van der Waals surface area contributed by atoms with Gasteiger partial charge in [0.2, 0.25) is 8.32 Å². The van der Waals surface area contributed by atoms with Crippen LogP contribution in [-0.2, 0) is 14.9 Å². The van der Waals surface area contributed by atoms with Crippen LogP contribution in [0.2, 0.25) is 18.1 Å². The second-order valence-corrected chi connectivity index (χ2v) is 14.0. The first kappa shape index (κ1) is 17.5. The molecule has 0 aliphatic heterocycles. The van der Waals surface area contributed by atoms with Gasteiger partial charge in [-0.05, 0) is 65.1 Å². The summed E-state index contributed by atoms with van der Waals surface area (Å²) in [6.45, 7) is 13.7. The van der Waals surface area contributed by atoms with E-state index < -0.39 is 8.32 Å². The molecule has 3 nitrogen and oxygen atoms in total. The Morgan fingerprint density at radius 1 is 1.33 bits per heavy atom. The molecule has 2 aliphatic carbocycles. The molecule has 0 aromatic heterocycles. The monoisotopic (exact) mass is 346 g/mol. The molecule has 3 unspecified atom stereocenters. The molecule has 3 atom stereocenters. The fourth-order valence-electron chi connectivity index (χ4n) is 3.89. The van der Waals surface area contributed by atoms with E-state index in [0.29, 0.717) is 18.3 Å². The highest BCUT2D eigenvalue weighted by Crippen LogP contribution is 2.68. The Balaban J connectivity index is 1.88. The minimum absolute atomic E-state index is 0.108.